The van der Waals surface area contributed by atoms with Gasteiger partial charge in [-0.2, -0.15) is 4.31 Å². The minimum absolute atomic E-state index is 0.105. The molecule has 0 fully saturated rings. The Bertz CT molecular complexity index is 501. The lowest BCUT2D eigenvalue weighted by molar-refractivity contribution is 0.126. The number of nitrogens with zero attached hydrogens (tertiary/aromatic N) is 1. The van der Waals surface area contributed by atoms with Gasteiger partial charge >= 0.3 is 0 Å². The van der Waals surface area contributed by atoms with E-state index in [0.29, 0.717) is 15.7 Å². The molecule has 0 aliphatic heterocycles. The number of nitrogens with one attached hydrogen (secondary N) is 1. The molecule has 1 heterocycles. The fourth-order valence-corrected chi connectivity index (χ4v) is 3.96. The molecule has 0 saturated carbocycles. The third-order valence-corrected chi connectivity index (χ3v) is 5.42. The topological polar surface area (TPSA) is 49.4 Å². The second kappa shape index (κ2) is 6.74. The van der Waals surface area contributed by atoms with Crippen molar-refractivity contribution in [3.05, 3.63) is 16.3 Å². The summed E-state index contributed by atoms with van der Waals surface area (Å²) >= 11 is 1.30. The molecule has 1 rings (SSSR count). The molecule has 1 N–H and O–H groups in total. The van der Waals surface area contributed by atoms with E-state index in [4.69, 9.17) is 0 Å². The predicted octanol–water partition coefficient (Wildman–Crippen LogP) is 2.13. The average molecular weight is 312 g/mol. The first kappa shape index (κ1) is 16.5. The quantitative estimate of drug-likeness (QED) is 0.839. The largest absolute Gasteiger partial charge is 0.310 e. The normalized spacial score (nSPS) is 12.8. The molecule has 8 heteroatoms. The molecule has 1 aromatic rings. The number of thiophene rings is 1. The highest BCUT2D eigenvalue weighted by Gasteiger charge is 2.26. The molecule has 0 spiro atoms. The molecule has 0 saturated heterocycles. The van der Waals surface area contributed by atoms with E-state index in [9.17, 15) is 17.2 Å². The summed E-state index contributed by atoms with van der Waals surface area (Å²) in [6, 6.07) is 1.68. The van der Waals surface area contributed by atoms with Gasteiger partial charge in [0.05, 0.1) is 11.4 Å². The first-order valence-corrected chi connectivity index (χ1v) is 8.11. The minimum atomic E-state index is -3.85. The number of halogens is 2. The van der Waals surface area contributed by atoms with E-state index in [2.05, 4.69) is 5.32 Å². The van der Waals surface area contributed by atoms with Gasteiger partial charge in [-0.15, -0.1) is 11.3 Å². The Labute approximate surface area is 116 Å². The van der Waals surface area contributed by atoms with Gasteiger partial charge in [-0.1, -0.05) is 13.8 Å². The Morgan fingerprint density at radius 1 is 1.42 bits per heavy atom. The van der Waals surface area contributed by atoms with Crippen molar-refractivity contribution in [2.45, 2.75) is 37.8 Å². The highest BCUT2D eigenvalue weighted by Crippen LogP contribution is 2.25. The van der Waals surface area contributed by atoms with Crippen LogP contribution in [0.15, 0.2) is 16.3 Å². The fourth-order valence-electron chi connectivity index (χ4n) is 1.44. The lowest BCUT2D eigenvalue weighted by Gasteiger charge is -2.17. The highest BCUT2D eigenvalue weighted by atomic mass is 32.2. The lowest BCUT2D eigenvalue weighted by atomic mass is 10.4. The van der Waals surface area contributed by atoms with Crippen LogP contribution in [0.3, 0.4) is 0 Å². The van der Waals surface area contributed by atoms with Crippen LogP contribution in [0.4, 0.5) is 8.78 Å². The van der Waals surface area contributed by atoms with Gasteiger partial charge in [0.1, 0.15) is 0 Å². The van der Waals surface area contributed by atoms with Gasteiger partial charge in [0.2, 0.25) is 10.0 Å². The summed E-state index contributed by atoms with van der Waals surface area (Å²) in [6.07, 6.45) is -2.68. The molecular formula is C11H18F2N2O2S2. The highest BCUT2D eigenvalue weighted by molar-refractivity contribution is 7.89. The van der Waals surface area contributed by atoms with E-state index >= 15 is 0 Å². The van der Waals surface area contributed by atoms with E-state index in [1.54, 1.807) is 5.38 Å². The molecule has 19 heavy (non-hydrogen) atoms. The summed E-state index contributed by atoms with van der Waals surface area (Å²) in [5.74, 6) is 0. The maximum absolute atomic E-state index is 12.3. The van der Waals surface area contributed by atoms with Crippen LogP contribution < -0.4 is 5.32 Å². The van der Waals surface area contributed by atoms with Crippen LogP contribution in [-0.4, -0.2) is 38.8 Å². The van der Waals surface area contributed by atoms with Crippen LogP contribution in [0.5, 0.6) is 0 Å². The van der Waals surface area contributed by atoms with Crippen LogP contribution in [0.2, 0.25) is 0 Å². The smallest absolute Gasteiger partial charge is 0.252 e. The molecule has 0 radical (unpaired) electrons. The standard InChI is InChI=1S/C11H18F2N2O2S2/c1-8(2)14-6-9-10(4-5-18-9)19(16,17)15(3)7-11(12)13/h4-5,8,11,14H,6-7H2,1-3H3. The average Bonchev–Trinajstić information content (AvgIpc) is 2.73. The van der Waals surface area contributed by atoms with Gasteiger partial charge in [0.25, 0.3) is 6.43 Å². The van der Waals surface area contributed by atoms with Crippen LogP contribution in [0.1, 0.15) is 18.7 Å². The summed E-state index contributed by atoms with van der Waals surface area (Å²) < 4.78 is 49.6. The van der Waals surface area contributed by atoms with Crippen molar-refractivity contribution in [1.29, 1.82) is 0 Å². The van der Waals surface area contributed by atoms with Gasteiger partial charge in [-0.3, -0.25) is 0 Å². The SMILES string of the molecule is CC(C)NCc1sccc1S(=O)(=O)N(C)CC(F)F. The van der Waals surface area contributed by atoms with E-state index in [0.717, 1.165) is 0 Å². The Balaban J connectivity index is 2.92. The second-order valence-corrected chi connectivity index (χ2v) is 7.43. The van der Waals surface area contributed by atoms with E-state index in [1.165, 1.54) is 24.5 Å². The summed E-state index contributed by atoms with van der Waals surface area (Å²) in [7, 11) is -2.68. The first-order valence-electron chi connectivity index (χ1n) is 5.79. The summed E-state index contributed by atoms with van der Waals surface area (Å²) in [5, 5.41) is 4.77. The Kier molecular flexibility index (Phi) is 5.84. The maximum Gasteiger partial charge on any atom is 0.252 e. The summed E-state index contributed by atoms with van der Waals surface area (Å²) in [6.45, 7) is 3.51. The number of hydrogen-bond acceptors (Lipinski definition) is 4. The van der Waals surface area contributed by atoms with Crippen molar-refractivity contribution >= 4 is 21.4 Å². The molecule has 0 amide bonds. The third kappa shape index (κ3) is 4.48. The molecule has 1 aromatic heterocycles. The van der Waals surface area contributed by atoms with Crippen LogP contribution in [0, 0.1) is 0 Å². The van der Waals surface area contributed by atoms with Crippen molar-refractivity contribution in [3.63, 3.8) is 0 Å². The van der Waals surface area contributed by atoms with Gasteiger partial charge in [-0.25, -0.2) is 17.2 Å². The molecule has 0 unspecified atom stereocenters. The predicted molar refractivity (Wildman–Crippen MR) is 72.1 cm³/mol. The van der Waals surface area contributed by atoms with Crippen molar-refractivity contribution in [3.8, 4) is 0 Å². The van der Waals surface area contributed by atoms with Crippen LogP contribution in [0.25, 0.3) is 0 Å². The van der Waals surface area contributed by atoms with Crippen molar-refractivity contribution in [2.75, 3.05) is 13.6 Å². The molecule has 0 bridgehead atoms. The molecule has 0 atom stereocenters. The van der Waals surface area contributed by atoms with Crippen LogP contribution in [-0.2, 0) is 16.6 Å². The minimum Gasteiger partial charge on any atom is -0.310 e. The Morgan fingerprint density at radius 3 is 2.58 bits per heavy atom. The Morgan fingerprint density at radius 2 is 2.05 bits per heavy atom. The molecule has 110 valence electrons. The number of alkyl halides is 2. The summed E-state index contributed by atoms with van der Waals surface area (Å²) in [5.41, 5.74) is 0. The lowest BCUT2D eigenvalue weighted by Crippen LogP contribution is -2.32. The monoisotopic (exact) mass is 312 g/mol. The third-order valence-electron chi connectivity index (χ3n) is 2.46. The van der Waals surface area contributed by atoms with Gasteiger partial charge in [-0.05, 0) is 11.4 Å². The van der Waals surface area contributed by atoms with Crippen molar-refractivity contribution in [2.24, 2.45) is 0 Å². The number of rotatable bonds is 7. The van der Waals surface area contributed by atoms with Crippen molar-refractivity contribution < 1.29 is 17.2 Å². The van der Waals surface area contributed by atoms with Gasteiger partial charge in [0, 0.05) is 24.5 Å². The molecule has 0 aromatic carbocycles. The number of hydrogen-bond donors (Lipinski definition) is 1. The van der Waals surface area contributed by atoms with E-state index in [1.807, 2.05) is 13.8 Å². The van der Waals surface area contributed by atoms with E-state index in [-0.39, 0.29) is 10.9 Å². The second-order valence-electron chi connectivity index (χ2n) is 4.42. The van der Waals surface area contributed by atoms with E-state index < -0.39 is 23.0 Å². The van der Waals surface area contributed by atoms with Crippen molar-refractivity contribution in [1.82, 2.24) is 9.62 Å². The zero-order valence-electron chi connectivity index (χ0n) is 11.1. The number of sulfonamides is 1. The summed E-state index contributed by atoms with van der Waals surface area (Å²) in [4.78, 5) is 0.739. The fraction of sp³-hybridized carbons (Fsp3) is 0.636. The maximum atomic E-state index is 12.3. The molecular weight excluding hydrogens is 294 g/mol. The Hall–Kier alpha value is -0.570. The van der Waals surface area contributed by atoms with Gasteiger partial charge < -0.3 is 5.32 Å². The van der Waals surface area contributed by atoms with Gasteiger partial charge in [0.15, 0.2) is 0 Å². The zero-order chi connectivity index (χ0) is 14.6. The molecule has 0 aliphatic carbocycles. The molecule has 4 nitrogen and oxygen atoms in total. The zero-order valence-corrected chi connectivity index (χ0v) is 12.7. The first-order chi connectivity index (χ1) is 8.75. The molecule has 0 aliphatic rings. The van der Waals surface area contributed by atoms with Crippen LogP contribution >= 0.6 is 11.3 Å².